The Morgan fingerprint density at radius 3 is 2.85 bits per heavy atom. The molecular formula is C10H14ClNO. The quantitative estimate of drug-likeness (QED) is 0.695. The molecule has 0 bridgehead atoms. The van der Waals surface area contributed by atoms with Gasteiger partial charge < -0.3 is 10.5 Å². The molecule has 0 spiro atoms. The van der Waals surface area contributed by atoms with Crippen molar-refractivity contribution in [3.05, 3.63) is 29.8 Å². The Bertz CT molecular complexity index is 290. The minimum atomic E-state index is 0. The van der Waals surface area contributed by atoms with Crippen LogP contribution in [0.4, 0.5) is 0 Å². The predicted molar refractivity (Wildman–Crippen MR) is 55.3 cm³/mol. The topological polar surface area (TPSA) is 35.2 Å². The lowest BCUT2D eigenvalue weighted by Crippen LogP contribution is -2.29. The van der Waals surface area contributed by atoms with E-state index in [0.29, 0.717) is 5.92 Å². The highest BCUT2D eigenvalue weighted by atomic mass is 35.5. The van der Waals surface area contributed by atoms with E-state index in [2.05, 4.69) is 6.92 Å². The Balaban J connectivity index is 0.000000845. The second-order valence-electron chi connectivity index (χ2n) is 3.35. The Morgan fingerprint density at radius 1 is 1.38 bits per heavy atom. The molecule has 0 radical (unpaired) electrons. The molecule has 2 unspecified atom stereocenters. The van der Waals surface area contributed by atoms with Crippen LogP contribution in [-0.4, -0.2) is 6.61 Å². The number of hydrogen-bond donors (Lipinski definition) is 1. The molecule has 0 amide bonds. The van der Waals surface area contributed by atoms with Crippen LogP contribution >= 0.6 is 12.4 Å². The van der Waals surface area contributed by atoms with Gasteiger partial charge in [-0.05, 0) is 6.07 Å². The second-order valence-corrected chi connectivity index (χ2v) is 3.35. The van der Waals surface area contributed by atoms with Gasteiger partial charge in [0.2, 0.25) is 0 Å². The van der Waals surface area contributed by atoms with Gasteiger partial charge in [0.25, 0.3) is 0 Å². The predicted octanol–water partition coefficient (Wildman–Crippen LogP) is 2.14. The molecule has 0 saturated carbocycles. The number of fused-ring (bicyclic) bond motifs is 1. The van der Waals surface area contributed by atoms with Crippen LogP contribution in [0.5, 0.6) is 5.75 Å². The number of para-hydroxylation sites is 1. The Labute approximate surface area is 84.5 Å². The average molecular weight is 200 g/mol. The molecule has 0 aliphatic carbocycles. The van der Waals surface area contributed by atoms with Gasteiger partial charge in [-0.15, -0.1) is 12.4 Å². The molecule has 0 fully saturated rings. The fourth-order valence-electron chi connectivity index (χ4n) is 1.52. The summed E-state index contributed by atoms with van der Waals surface area (Å²) in [5.41, 5.74) is 7.15. The van der Waals surface area contributed by atoms with E-state index >= 15 is 0 Å². The summed E-state index contributed by atoms with van der Waals surface area (Å²) in [6.07, 6.45) is 0. The van der Waals surface area contributed by atoms with E-state index in [1.165, 1.54) is 0 Å². The molecule has 2 atom stereocenters. The summed E-state index contributed by atoms with van der Waals surface area (Å²) in [5, 5.41) is 0. The monoisotopic (exact) mass is 199 g/mol. The summed E-state index contributed by atoms with van der Waals surface area (Å²) in [6.45, 7) is 2.85. The van der Waals surface area contributed by atoms with Crippen LogP contribution in [0.25, 0.3) is 0 Å². The smallest absolute Gasteiger partial charge is 0.124 e. The molecule has 0 saturated heterocycles. The van der Waals surface area contributed by atoms with E-state index in [4.69, 9.17) is 10.5 Å². The van der Waals surface area contributed by atoms with E-state index in [-0.39, 0.29) is 18.4 Å². The van der Waals surface area contributed by atoms with Gasteiger partial charge in [-0.1, -0.05) is 25.1 Å². The number of ether oxygens (including phenoxy) is 1. The van der Waals surface area contributed by atoms with Gasteiger partial charge >= 0.3 is 0 Å². The molecule has 2 N–H and O–H groups in total. The van der Waals surface area contributed by atoms with Crippen molar-refractivity contribution in [2.75, 3.05) is 6.61 Å². The lowest BCUT2D eigenvalue weighted by Gasteiger charge is -2.28. The van der Waals surface area contributed by atoms with E-state index in [1.807, 2.05) is 24.3 Å². The summed E-state index contributed by atoms with van der Waals surface area (Å²) < 4.78 is 5.53. The van der Waals surface area contributed by atoms with E-state index in [0.717, 1.165) is 17.9 Å². The first-order valence-electron chi connectivity index (χ1n) is 4.26. The number of rotatable bonds is 0. The maximum atomic E-state index is 6.01. The summed E-state index contributed by atoms with van der Waals surface area (Å²) >= 11 is 0. The highest BCUT2D eigenvalue weighted by molar-refractivity contribution is 5.85. The van der Waals surface area contributed by atoms with Crippen molar-refractivity contribution < 1.29 is 4.74 Å². The molecule has 1 aliphatic rings. The number of halogens is 1. The third-order valence-corrected chi connectivity index (χ3v) is 2.39. The van der Waals surface area contributed by atoms with Crippen LogP contribution in [-0.2, 0) is 0 Å². The Hall–Kier alpha value is -0.730. The number of benzene rings is 1. The van der Waals surface area contributed by atoms with Gasteiger partial charge in [0.1, 0.15) is 5.75 Å². The van der Waals surface area contributed by atoms with Gasteiger partial charge in [-0.25, -0.2) is 0 Å². The summed E-state index contributed by atoms with van der Waals surface area (Å²) in [7, 11) is 0. The van der Waals surface area contributed by atoms with Crippen molar-refractivity contribution in [2.45, 2.75) is 13.0 Å². The molecule has 13 heavy (non-hydrogen) atoms. The first kappa shape index (κ1) is 10.4. The zero-order valence-corrected chi connectivity index (χ0v) is 8.38. The Kier molecular flexibility index (Phi) is 3.17. The van der Waals surface area contributed by atoms with Gasteiger partial charge in [0.15, 0.2) is 0 Å². The lowest BCUT2D eigenvalue weighted by molar-refractivity contribution is 0.207. The van der Waals surface area contributed by atoms with Gasteiger partial charge in [-0.2, -0.15) is 0 Å². The van der Waals surface area contributed by atoms with Crippen LogP contribution in [0, 0.1) is 5.92 Å². The molecule has 1 aromatic carbocycles. The third-order valence-electron chi connectivity index (χ3n) is 2.39. The largest absolute Gasteiger partial charge is 0.493 e. The highest BCUT2D eigenvalue weighted by Crippen LogP contribution is 2.32. The van der Waals surface area contributed by atoms with E-state index in [9.17, 15) is 0 Å². The molecular weight excluding hydrogens is 186 g/mol. The first-order valence-corrected chi connectivity index (χ1v) is 4.26. The standard InChI is InChI=1S/C10H13NO.ClH/c1-7-6-12-9-5-3-2-4-8(9)10(7)11;/h2-5,7,10H,6,11H2,1H3;1H. The molecule has 72 valence electrons. The fraction of sp³-hybridized carbons (Fsp3) is 0.400. The minimum absolute atomic E-state index is 0. The molecule has 0 aromatic heterocycles. The SMILES string of the molecule is CC1COc2ccccc2C1N.Cl. The summed E-state index contributed by atoms with van der Waals surface area (Å²) in [6, 6.07) is 8.12. The zero-order chi connectivity index (χ0) is 8.55. The van der Waals surface area contributed by atoms with Crippen molar-refractivity contribution in [1.29, 1.82) is 0 Å². The summed E-state index contributed by atoms with van der Waals surface area (Å²) in [5.74, 6) is 1.36. The third kappa shape index (κ3) is 1.79. The first-order chi connectivity index (χ1) is 5.79. The zero-order valence-electron chi connectivity index (χ0n) is 7.57. The molecule has 1 heterocycles. The van der Waals surface area contributed by atoms with Crippen molar-refractivity contribution in [3.8, 4) is 5.75 Å². The molecule has 2 nitrogen and oxygen atoms in total. The van der Waals surface area contributed by atoms with Crippen molar-refractivity contribution in [1.82, 2.24) is 0 Å². The molecule has 3 heteroatoms. The highest BCUT2D eigenvalue weighted by Gasteiger charge is 2.23. The van der Waals surface area contributed by atoms with E-state index in [1.54, 1.807) is 0 Å². The van der Waals surface area contributed by atoms with Crippen LogP contribution in [0.15, 0.2) is 24.3 Å². The summed E-state index contributed by atoms with van der Waals surface area (Å²) in [4.78, 5) is 0. The van der Waals surface area contributed by atoms with E-state index < -0.39 is 0 Å². The van der Waals surface area contributed by atoms with Crippen LogP contribution in [0.1, 0.15) is 18.5 Å². The van der Waals surface area contributed by atoms with Crippen molar-refractivity contribution in [2.24, 2.45) is 11.7 Å². The number of nitrogens with two attached hydrogens (primary N) is 1. The van der Waals surface area contributed by atoms with Gasteiger partial charge in [0.05, 0.1) is 6.61 Å². The van der Waals surface area contributed by atoms with Crippen molar-refractivity contribution in [3.63, 3.8) is 0 Å². The minimum Gasteiger partial charge on any atom is -0.493 e. The molecule has 1 aromatic rings. The van der Waals surface area contributed by atoms with Crippen LogP contribution in [0.2, 0.25) is 0 Å². The maximum absolute atomic E-state index is 6.01. The fourth-order valence-corrected chi connectivity index (χ4v) is 1.52. The maximum Gasteiger partial charge on any atom is 0.124 e. The lowest BCUT2D eigenvalue weighted by atomic mass is 9.93. The van der Waals surface area contributed by atoms with Crippen LogP contribution in [0.3, 0.4) is 0 Å². The second kappa shape index (κ2) is 3.99. The van der Waals surface area contributed by atoms with Crippen LogP contribution < -0.4 is 10.5 Å². The molecule has 2 rings (SSSR count). The average Bonchev–Trinajstić information content (AvgIpc) is 2.12. The van der Waals surface area contributed by atoms with Gasteiger partial charge in [-0.3, -0.25) is 0 Å². The normalized spacial score (nSPS) is 25.4. The van der Waals surface area contributed by atoms with Gasteiger partial charge in [0, 0.05) is 17.5 Å². The van der Waals surface area contributed by atoms with Crippen molar-refractivity contribution >= 4 is 12.4 Å². The molecule has 1 aliphatic heterocycles. The Morgan fingerprint density at radius 2 is 2.08 bits per heavy atom. The number of hydrogen-bond acceptors (Lipinski definition) is 2.